The molecule has 0 amide bonds. The molecule has 0 spiro atoms. The van der Waals surface area contributed by atoms with Crippen molar-refractivity contribution in [3.05, 3.63) is 0 Å². The summed E-state index contributed by atoms with van der Waals surface area (Å²) in [6.45, 7) is 0. The second kappa shape index (κ2) is 2.82. The molecule has 1 nitrogen and oxygen atoms in total. The van der Waals surface area contributed by atoms with Crippen LogP contribution in [0, 0.1) is 0 Å². The molecule has 0 aromatic rings. The molecule has 0 heterocycles. The molecule has 3 heteroatoms. The quantitative estimate of drug-likeness (QED) is 0.599. The molecule has 0 saturated heterocycles. The van der Waals surface area contributed by atoms with Crippen LogP contribution in [-0.4, -0.2) is 19.0 Å². The molecular formula is C7H13F2N. The maximum Gasteiger partial charge on any atom is 0.249 e. The molecule has 60 valence electrons. The summed E-state index contributed by atoms with van der Waals surface area (Å²) >= 11 is 0. The Hall–Kier alpha value is -0.180. The fourth-order valence-corrected chi connectivity index (χ4v) is 1.42. The molecule has 0 radical (unpaired) electrons. The topological polar surface area (TPSA) is 12.0 Å². The Bertz CT molecular complexity index is 114. The van der Waals surface area contributed by atoms with E-state index in [0.717, 1.165) is 6.42 Å². The summed E-state index contributed by atoms with van der Waals surface area (Å²) < 4.78 is 25.2. The lowest BCUT2D eigenvalue weighted by Crippen LogP contribution is -2.37. The van der Waals surface area contributed by atoms with Crippen molar-refractivity contribution in [3.63, 3.8) is 0 Å². The first-order valence-electron chi connectivity index (χ1n) is 3.69. The molecule has 1 rings (SSSR count). The highest BCUT2D eigenvalue weighted by molar-refractivity contribution is 4.81. The average Bonchev–Trinajstić information content (AvgIpc) is 1.86. The zero-order valence-electron chi connectivity index (χ0n) is 6.16. The predicted octanol–water partition coefficient (Wildman–Crippen LogP) is 1.78. The molecule has 1 N–H and O–H groups in total. The molecule has 0 bridgehead atoms. The molecular weight excluding hydrogens is 136 g/mol. The van der Waals surface area contributed by atoms with Crippen LogP contribution in [0.25, 0.3) is 0 Å². The Morgan fingerprint density at radius 1 is 1.50 bits per heavy atom. The smallest absolute Gasteiger partial charge is 0.249 e. The van der Waals surface area contributed by atoms with Crippen LogP contribution in [0.1, 0.15) is 25.7 Å². The van der Waals surface area contributed by atoms with Gasteiger partial charge >= 0.3 is 0 Å². The number of hydrogen-bond acceptors (Lipinski definition) is 1. The number of rotatable bonds is 1. The molecule has 10 heavy (non-hydrogen) atoms. The Kier molecular flexibility index (Phi) is 2.24. The minimum absolute atomic E-state index is 0.0174. The van der Waals surface area contributed by atoms with Gasteiger partial charge in [-0.15, -0.1) is 0 Å². The van der Waals surface area contributed by atoms with E-state index in [4.69, 9.17) is 0 Å². The maximum atomic E-state index is 12.6. The van der Waals surface area contributed by atoms with Crippen molar-refractivity contribution >= 4 is 0 Å². The zero-order chi connectivity index (χ0) is 7.61. The molecule has 1 fully saturated rings. The van der Waals surface area contributed by atoms with Crippen LogP contribution in [0.2, 0.25) is 0 Å². The van der Waals surface area contributed by atoms with Gasteiger partial charge in [-0.05, 0) is 19.9 Å². The minimum atomic E-state index is -2.41. The molecule has 0 aromatic heterocycles. The van der Waals surface area contributed by atoms with E-state index in [1.165, 1.54) is 0 Å². The molecule has 1 atom stereocenters. The van der Waals surface area contributed by atoms with Gasteiger partial charge in [-0.25, -0.2) is 8.78 Å². The SMILES string of the molecule is CNC1CCCC(F)(F)C1. The Morgan fingerprint density at radius 2 is 2.20 bits per heavy atom. The lowest BCUT2D eigenvalue weighted by molar-refractivity contribution is -0.0432. The molecule has 0 aromatic carbocycles. The highest BCUT2D eigenvalue weighted by atomic mass is 19.3. The highest BCUT2D eigenvalue weighted by Crippen LogP contribution is 2.32. The Morgan fingerprint density at radius 3 is 2.60 bits per heavy atom. The lowest BCUT2D eigenvalue weighted by atomic mass is 9.92. The number of halogens is 2. The first-order valence-corrected chi connectivity index (χ1v) is 3.69. The van der Waals surface area contributed by atoms with Crippen molar-refractivity contribution in [2.45, 2.75) is 37.6 Å². The average molecular weight is 149 g/mol. The fraction of sp³-hybridized carbons (Fsp3) is 1.00. The fourth-order valence-electron chi connectivity index (χ4n) is 1.42. The van der Waals surface area contributed by atoms with Gasteiger partial charge in [0.25, 0.3) is 0 Å². The van der Waals surface area contributed by atoms with E-state index >= 15 is 0 Å². The first-order chi connectivity index (χ1) is 4.64. The maximum absolute atomic E-state index is 12.6. The van der Waals surface area contributed by atoms with Crippen LogP contribution in [0.5, 0.6) is 0 Å². The van der Waals surface area contributed by atoms with Gasteiger partial charge in [0.2, 0.25) is 5.92 Å². The van der Waals surface area contributed by atoms with Gasteiger partial charge in [-0.3, -0.25) is 0 Å². The van der Waals surface area contributed by atoms with E-state index in [-0.39, 0.29) is 18.9 Å². The van der Waals surface area contributed by atoms with Crippen molar-refractivity contribution in [2.75, 3.05) is 7.05 Å². The van der Waals surface area contributed by atoms with Crippen molar-refractivity contribution < 1.29 is 8.78 Å². The van der Waals surface area contributed by atoms with Crippen molar-refractivity contribution in [2.24, 2.45) is 0 Å². The second-order valence-corrected chi connectivity index (χ2v) is 2.94. The van der Waals surface area contributed by atoms with Gasteiger partial charge in [-0.1, -0.05) is 0 Å². The summed E-state index contributed by atoms with van der Waals surface area (Å²) in [6, 6.07) is 0.0312. The standard InChI is InChI=1S/C7H13F2N/c1-10-6-3-2-4-7(8,9)5-6/h6,10H,2-5H2,1H3. The normalized spacial score (nSPS) is 32.1. The number of alkyl halides is 2. The minimum Gasteiger partial charge on any atom is -0.317 e. The van der Waals surface area contributed by atoms with E-state index < -0.39 is 5.92 Å². The third-order valence-corrected chi connectivity index (χ3v) is 2.05. The predicted molar refractivity (Wildman–Crippen MR) is 36.3 cm³/mol. The summed E-state index contributed by atoms with van der Waals surface area (Å²) in [5.41, 5.74) is 0. The highest BCUT2D eigenvalue weighted by Gasteiger charge is 2.35. The van der Waals surface area contributed by atoms with Crippen LogP contribution in [0.3, 0.4) is 0 Å². The van der Waals surface area contributed by atoms with Gasteiger partial charge in [0.15, 0.2) is 0 Å². The largest absolute Gasteiger partial charge is 0.317 e. The summed E-state index contributed by atoms with van der Waals surface area (Å²) in [6.07, 6.45) is 1.64. The Balaban J connectivity index is 2.40. The van der Waals surface area contributed by atoms with Gasteiger partial charge in [0, 0.05) is 18.9 Å². The summed E-state index contributed by atoms with van der Waals surface area (Å²) in [5.74, 6) is -2.41. The third-order valence-electron chi connectivity index (χ3n) is 2.05. The molecule has 1 aliphatic rings. The van der Waals surface area contributed by atoms with Crippen LogP contribution >= 0.6 is 0 Å². The van der Waals surface area contributed by atoms with Crippen LogP contribution in [0.15, 0.2) is 0 Å². The number of hydrogen-bond donors (Lipinski definition) is 1. The van der Waals surface area contributed by atoms with Crippen LogP contribution in [-0.2, 0) is 0 Å². The summed E-state index contributed by atoms with van der Waals surface area (Å²) in [5, 5.41) is 2.88. The zero-order valence-corrected chi connectivity index (χ0v) is 6.16. The first kappa shape index (κ1) is 7.92. The van der Waals surface area contributed by atoms with Crippen LogP contribution in [0.4, 0.5) is 8.78 Å². The van der Waals surface area contributed by atoms with E-state index in [2.05, 4.69) is 5.32 Å². The van der Waals surface area contributed by atoms with E-state index in [1.807, 2.05) is 0 Å². The van der Waals surface area contributed by atoms with Gasteiger partial charge < -0.3 is 5.32 Å². The van der Waals surface area contributed by atoms with Crippen molar-refractivity contribution in [1.29, 1.82) is 0 Å². The van der Waals surface area contributed by atoms with Crippen molar-refractivity contribution in [3.8, 4) is 0 Å². The molecule has 1 aliphatic carbocycles. The second-order valence-electron chi connectivity index (χ2n) is 2.94. The molecule has 1 unspecified atom stereocenters. The summed E-state index contributed by atoms with van der Waals surface area (Å²) in [4.78, 5) is 0. The van der Waals surface area contributed by atoms with E-state index in [1.54, 1.807) is 7.05 Å². The Labute approximate surface area is 59.8 Å². The van der Waals surface area contributed by atoms with E-state index in [0.29, 0.717) is 6.42 Å². The van der Waals surface area contributed by atoms with Gasteiger partial charge in [0.1, 0.15) is 0 Å². The molecule has 0 aliphatic heterocycles. The summed E-state index contributed by atoms with van der Waals surface area (Å²) in [7, 11) is 1.74. The lowest BCUT2D eigenvalue weighted by Gasteiger charge is -2.28. The van der Waals surface area contributed by atoms with Gasteiger partial charge in [-0.2, -0.15) is 0 Å². The van der Waals surface area contributed by atoms with Crippen LogP contribution < -0.4 is 5.32 Å². The monoisotopic (exact) mass is 149 g/mol. The van der Waals surface area contributed by atoms with Gasteiger partial charge in [0.05, 0.1) is 0 Å². The molecule has 1 saturated carbocycles. The third kappa shape index (κ3) is 1.90. The van der Waals surface area contributed by atoms with Crippen molar-refractivity contribution in [1.82, 2.24) is 5.32 Å². The number of nitrogens with one attached hydrogen (secondary N) is 1. The van der Waals surface area contributed by atoms with E-state index in [9.17, 15) is 8.78 Å².